The molecule has 6 nitrogen and oxygen atoms in total. The highest BCUT2D eigenvalue weighted by molar-refractivity contribution is 7.99. The second-order valence-electron chi connectivity index (χ2n) is 8.19. The second-order valence-corrected chi connectivity index (χ2v) is 9.13. The molecule has 4 rings (SSSR count). The summed E-state index contributed by atoms with van der Waals surface area (Å²) in [5, 5.41) is 3.34. The lowest BCUT2D eigenvalue weighted by molar-refractivity contribution is -0.128. The maximum Gasteiger partial charge on any atom is 0.266 e. The molecule has 0 unspecified atom stereocenters. The molecule has 4 aromatic rings. The van der Waals surface area contributed by atoms with E-state index in [1.54, 1.807) is 16.7 Å². The first kappa shape index (κ1) is 23.4. The topological polar surface area (TPSA) is 81.1 Å². The van der Waals surface area contributed by atoms with Gasteiger partial charge < -0.3 is 0 Å². The van der Waals surface area contributed by atoms with Gasteiger partial charge in [0, 0.05) is 0 Å². The fourth-order valence-corrected chi connectivity index (χ4v) is 4.55. The van der Waals surface area contributed by atoms with Crippen LogP contribution in [-0.4, -0.2) is 27.1 Å². The predicted molar refractivity (Wildman–Crippen MR) is 135 cm³/mol. The van der Waals surface area contributed by atoms with Gasteiger partial charge in [-0.05, 0) is 35.2 Å². The van der Waals surface area contributed by atoms with Gasteiger partial charge in [-0.2, -0.15) is 0 Å². The average Bonchev–Trinajstić information content (AvgIpc) is 2.83. The maximum absolute atomic E-state index is 13.5. The second kappa shape index (κ2) is 10.5. The monoisotopic (exact) mass is 471 g/mol. The van der Waals surface area contributed by atoms with Crippen LogP contribution in [0.1, 0.15) is 30.9 Å². The van der Waals surface area contributed by atoms with Crippen molar-refractivity contribution in [2.75, 3.05) is 5.75 Å². The molecule has 0 aliphatic carbocycles. The highest BCUT2D eigenvalue weighted by atomic mass is 32.2. The number of thioether (sulfide) groups is 1. The third-order valence-electron chi connectivity index (χ3n) is 5.36. The summed E-state index contributed by atoms with van der Waals surface area (Å²) >= 11 is 1.14. The molecular weight excluding hydrogens is 446 g/mol. The Bertz CT molecular complexity index is 1400. The third kappa shape index (κ3) is 5.26. The Kier molecular flexibility index (Phi) is 7.23. The predicted octanol–water partition coefficient (Wildman–Crippen LogP) is 4.49. The van der Waals surface area contributed by atoms with Gasteiger partial charge in [0.15, 0.2) is 5.16 Å². The van der Waals surface area contributed by atoms with E-state index in [1.165, 1.54) is 0 Å². The quantitative estimate of drug-likeness (QED) is 0.317. The van der Waals surface area contributed by atoms with Gasteiger partial charge in [0.05, 0.1) is 28.8 Å². The molecule has 0 fully saturated rings. The summed E-state index contributed by atoms with van der Waals surface area (Å²) in [6.07, 6.45) is 0.123. The molecule has 0 radical (unpaired) electrons. The SMILES string of the molecule is CC(C)c1ccccc1-n1c(SCC(=O)NC(=O)Cc2ccccc2)nc2ccccc2c1=O. The molecule has 2 amide bonds. The van der Waals surface area contributed by atoms with Crippen molar-refractivity contribution in [3.63, 3.8) is 0 Å². The van der Waals surface area contributed by atoms with Gasteiger partial charge in [-0.25, -0.2) is 4.98 Å². The van der Waals surface area contributed by atoms with Crippen LogP contribution in [0.2, 0.25) is 0 Å². The molecule has 1 aromatic heterocycles. The van der Waals surface area contributed by atoms with Gasteiger partial charge >= 0.3 is 0 Å². The molecule has 0 aliphatic rings. The van der Waals surface area contributed by atoms with Crippen LogP contribution in [0.4, 0.5) is 0 Å². The minimum absolute atomic E-state index is 0.0465. The first-order valence-corrected chi connectivity index (χ1v) is 12.0. The van der Waals surface area contributed by atoms with E-state index in [1.807, 2.05) is 66.7 Å². The summed E-state index contributed by atoms with van der Waals surface area (Å²) in [5.74, 6) is -0.663. The van der Waals surface area contributed by atoms with Crippen LogP contribution in [0.3, 0.4) is 0 Å². The van der Waals surface area contributed by atoms with Crippen molar-refractivity contribution >= 4 is 34.5 Å². The standard InChI is InChI=1S/C27H25N3O3S/c1-18(2)20-12-7-9-15-23(20)30-26(33)21-13-6-8-14-22(21)28-27(30)34-17-25(32)29-24(31)16-19-10-4-3-5-11-19/h3-15,18H,16-17H2,1-2H3,(H,29,31,32). The van der Waals surface area contributed by atoms with E-state index in [4.69, 9.17) is 4.98 Å². The van der Waals surface area contributed by atoms with E-state index in [-0.39, 0.29) is 29.6 Å². The Hall–Kier alpha value is -3.71. The Morgan fingerprint density at radius 2 is 1.59 bits per heavy atom. The lowest BCUT2D eigenvalue weighted by Gasteiger charge is -2.18. The minimum atomic E-state index is -0.433. The zero-order valence-corrected chi connectivity index (χ0v) is 19.8. The first-order valence-electron chi connectivity index (χ1n) is 11.0. The van der Waals surface area contributed by atoms with Crippen LogP contribution >= 0.6 is 11.8 Å². The van der Waals surface area contributed by atoms with Gasteiger partial charge in [0.25, 0.3) is 5.56 Å². The summed E-state index contributed by atoms with van der Waals surface area (Å²) in [4.78, 5) is 43.0. The Balaban J connectivity index is 1.62. The van der Waals surface area contributed by atoms with E-state index in [2.05, 4.69) is 19.2 Å². The number of carbonyl (C=O) groups is 2. The molecule has 0 atom stereocenters. The molecule has 172 valence electrons. The molecule has 0 saturated carbocycles. The van der Waals surface area contributed by atoms with Crippen molar-refractivity contribution in [1.82, 2.24) is 14.9 Å². The Morgan fingerprint density at radius 1 is 0.912 bits per heavy atom. The molecule has 3 aromatic carbocycles. The number of hydrogen-bond donors (Lipinski definition) is 1. The largest absolute Gasteiger partial charge is 0.295 e. The fourth-order valence-electron chi connectivity index (χ4n) is 3.75. The summed E-state index contributed by atoms with van der Waals surface area (Å²) in [6, 6.07) is 24.1. The van der Waals surface area contributed by atoms with E-state index in [0.29, 0.717) is 16.1 Å². The molecule has 0 spiro atoms. The molecule has 1 heterocycles. The van der Waals surface area contributed by atoms with E-state index >= 15 is 0 Å². The number of para-hydroxylation sites is 2. The molecule has 0 bridgehead atoms. The highest BCUT2D eigenvalue weighted by Crippen LogP contribution is 2.27. The number of aromatic nitrogens is 2. The van der Waals surface area contributed by atoms with Gasteiger partial charge in [0.2, 0.25) is 11.8 Å². The van der Waals surface area contributed by atoms with Gasteiger partial charge in [0.1, 0.15) is 0 Å². The maximum atomic E-state index is 13.5. The number of benzene rings is 3. The molecule has 0 aliphatic heterocycles. The molecular formula is C27H25N3O3S. The summed E-state index contributed by atoms with van der Waals surface area (Å²) < 4.78 is 1.57. The first-order chi connectivity index (χ1) is 16.4. The highest BCUT2D eigenvalue weighted by Gasteiger charge is 2.18. The van der Waals surface area contributed by atoms with Gasteiger partial charge in [-0.15, -0.1) is 0 Å². The third-order valence-corrected chi connectivity index (χ3v) is 6.30. The zero-order chi connectivity index (χ0) is 24.1. The number of hydrogen-bond acceptors (Lipinski definition) is 5. The van der Waals surface area contributed by atoms with Crippen LogP contribution in [0.25, 0.3) is 16.6 Å². The summed E-state index contributed by atoms with van der Waals surface area (Å²) in [7, 11) is 0. The van der Waals surface area contributed by atoms with Crippen LogP contribution in [0.5, 0.6) is 0 Å². The molecule has 1 N–H and O–H groups in total. The van der Waals surface area contributed by atoms with Crippen molar-refractivity contribution in [3.8, 4) is 5.69 Å². The van der Waals surface area contributed by atoms with Crippen LogP contribution in [-0.2, 0) is 16.0 Å². The van der Waals surface area contributed by atoms with E-state index in [0.717, 1.165) is 28.6 Å². The van der Waals surface area contributed by atoms with Gasteiger partial charge in [-0.3, -0.25) is 24.3 Å². The molecule has 0 saturated heterocycles. The van der Waals surface area contributed by atoms with E-state index in [9.17, 15) is 14.4 Å². The number of amides is 2. The van der Waals surface area contributed by atoms with Crippen molar-refractivity contribution in [1.29, 1.82) is 0 Å². The fraction of sp³-hybridized carbons (Fsp3) is 0.185. The normalized spacial score (nSPS) is 11.0. The summed E-state index contributed by atoms with van der Waals surface area (Å²) in [5.41, 5.74) is 2.95. The van der Waals surface area contributed by atoms with Crippen LogP contribution < -0.4 is 10.9 Å². The Labute approximate surface area is 202 Å². The number of nitrogens with zero attached hydrogens (tertiary/aromatic N) is 2. The molecule has 7 heteroatoms. The van der Waals surface area contributed by atoms with Crippen molar-refractivity contribution in [2.45, 2.75) is 31.3 Å². The van der Waals surface area contributed by atoms with E-state index < -0.39 is 5.91 Å². The van der Waals surface area contributed by atoms with Crippen molar-refractivity contribution < 1.29 is 9.59 Å². The number of carbonyl (C=O) groups excluding carboxylic acids is 2. The number of rotatable bonds is 7. The molecule has 34 heavy (non-hydrogen) atoms. The van der Waals surface area contributed by atoms with Crippen molar-refractivity contribution in [2.24, 2.45) is 0 Å². The Morgan fingerprint density at radius 3 is 2.35 bits per heavy atom. The summed E-state index contributed by atoms with van der Waals surface area (Å²) in [6.45, 7) is 4.13. The number of imide groups is 1. The average molecular weight is 472 g/mol. The van der Waals surface area contributed by atoms with Crippen molar-refractivity contribution in [3.05, 3.63) is 100 Å². The smallest absolute Gasteiger partial charge is 0.266 e. The van der Waals surface area contributed by atoms with Crippen LogP contribution in [0.15, 0.2) is 88.8 Å². The lowest BCUT2D eigenvalue weighted by atomic mass is 10.0. The number of fused-ring (bicyclic) bond motifs is 1. The minimum Gasteiger partial charge on any atom is -0.295 e. The van der Waals surface area contributed by atoms with Crippen LogP contribution in [0, 0.1) is 0 Å². The lowest BCUT2D eigenvalue weighted by Crippen LogP contribution is -2.33. The zero-order valence-electron chi connectivity index (χ0n) is 19.0. The number of nitrogens with one attached hydrogen (secondary N) is 1. The van der Waals surface area contributed by atoms with Gasteiger partial charge in [-0.1, -0.05) is 86.3 Å².